The molecule has 0 bridgehead atoms. The van der Waals surface area contributed by atoms with E-state index in [1.54, 1.807) is 25.3 Å². The number of amides is 1. The fourth-order valence-corrected chi connectivity index (χ4v) is 2.99. The van der Waals surface area contributed by atoms with Crippen LogP contribution in [0.1, 0.15) is 32.6 Å². The average Bonchev–Trinajstić information content (AvgIpc) is 2.38. The molecule has 1 aliphatic carbocycles. The van der Waals surface area contributed by atoms with Crippen LogP contribution < -0.4 is 15.8 Å². The predicted octanol–water partition coefficient (Wildman–Crippen LogP) is 3.19. The van der Waals surface area contributed by atoms with E-state index in [9.17, 15) is 4.79 Å². The molecule has 1 saturated carbocycles. The van der Waals surface area contributed by atoms with Crippen LogP contribution in [0.3, 0.4) is 0 Å². The van der Waals surface area contributed by atoms with Crippen LogP contribution in [0.4, 0.5) is 5.69 Å². The van der Waals surface area contributed by atoms with Crippen molar-refractivity contribution in [3.8, 4) is 5.75 Å². The summed E-state index contributed by atoms with van der Waals surface area (Å²) in [4.78, 5) is 12.5. The van der Waals surface area contributed by atoms with Crippen molar-refractivity contribution in [2.75, 3.05) is 12.4 Å². The fourth-order valence-electron chi connectivity index (χ4n) is 2.82. The SMILES string of the molecule is COc1ccc(Cl)cc1NC(=O)C1(N)CCCC(C)C1. The summed E-state index contributed by atoms with van der Waals surface area (Å²) in [6.07, 6.45) is 3.54. The highest BCUT2D eigenvalue weighted by Crippen LogP contribution is 2.33. The lowest BCUT2D eigenvalue weighted by molar-refractivity contribution is -0.122. The molecule has 0 aromatic heterocycles. The molecule has 1 aromatic rings. The molecule has 1 amide bonds. The molecular formula is C15H21ClN2O2. The first kappa shape index (κ1) is 15.1. The molecule has 2 rings (SSSR count). The molecule has 4 nitrogen and oxygen atoms in total. The van der Waals surface area contributed by atoms with Gasteiger partial charge in [0.05, 0.1) is 18.3 Å². The van der Waals surface area contributed by atoms with Crippen molar-refractivity contribution in [2.24, 2.45) is 11.7 Å². The van der Waals surface area contributed by atoms with Crippen LogP contribution in [-0.4, -0.2) is 18.6 Å². The van der Waals surface area contributed by atoms with Crippen molar-refractivity contribution in [1.82, 2.24) is 0 Å². The number of benzene rings is 1. The standard InChI is InChI=1S/C15H21ClN2O2/c1-10-4-3-7-15(17,9-10)14(19)18-12-8-11(16)5-6-13(12)20-2/h5-6,8,10H,3-4,7,9,17H2,1-2H3,(H,18,19). The van der Waals surface area contributed by atoms with Crippen molar-refractivity contribution in [1.29, 1.82) is 0 Å². The first-order chi connectivity index (χ1) is 9.44. The van der Waals surface area contributed by atoms with Crippen molar-refractivity contribution in [3.05, 3.63) is 23.2 Å². The normalized spacial score (nSPS) is 26.1. The molecular weight excluding hydrogens is 276 g/mol. The predicted molar refractivity (Wildman–Crippen MR) is 81.2 cm³/mol. The Hall–Kier alpha value is -1.26. The van der Waals surface area contributed by atoms with Gasteiger partial charge in [-0.05, 0) is 37.0 Å². The van der Waals surface area contributed by atoms with E-state index in [0.717, 1.165) is 12.8 Å². The maximum atomic E-state index is 12.5. The van der Waals surface area contributed by atoms with Crippen molar-refractivity contribution >= 4 is 23.2 Å². The monoisotopic (exact) mass is 296 g/mol. The van der Waals surface area contributed by atoms with E-state index in [1.165, 1.54) is 0 Å². The number of halogens is 1. The lowest BCUT2D eigenvalue weighted by atomic mass is 9.76. The highest BCUT2D eigenvalue weighted by atomic mass is 35.5. The van der Waals surface area contributed by atoms with Crippen LogP contribution in [0.2, 0.25) is 5.02 Å². The molecule has 0 aliphatic heterocycles. The number of nitrogens with two attached hydrogens (primary N) is 1. The van der Waals surface area contributed by atoms with E-state index in [0.29, 0.717) is 35.2 Å². The topological polar surface area (TPSA) is 64.3 Å². The Morgan fingerprint density at radius 3 is 2.95 bits per heavy atom. The van der Waals surface area contributed by atoms with Gasteiger partial charge in [0, 0.05) is 5.02 Å². The minimum atomic E-state index is -0.801. The molecule has 3 N–H and O–H groups in total. The summed E-state index contributed by atoms with van der Waals surface area (Å²) in [6.45, 7) is 2.13. The molecule has 110 valence electrons. The van der Waals surface area contributed by atoms with Gasteiger partial charge in [0.15, 0.2) is 0 Å². The summed E-state index contributed by atoms with van der Waals surface area (Å²) in [6, 6.07) is 5.12. The van der Waals surface area contributed by atoms with Gasteiger partial charge < -0.3 is 15.8 Å². The van der Waals surface area contributed by atoms with Crippen LogP contribution >= 0.6 is 11.6 Å². The maximum absolute atomic E-state index is 12.5. The highest BCUT2D eigenvalue weighted by Gasteiger charge is 2.38. The Morgan fingerprint density at radius 2 is 2.30 bits per heavy atom. The maximum Gasteiger partial charge on any atom is 0.244 e. The summed E-state index contributed by atoms with van der Waals surface area (Å²) >= 11 is 5.96. The third-order valence-electron chi connectivity index (χ3n) is 3.89. The number of ether oxygens (including phenoxy) is 1. The summed E-state index contributed by atoms with van der Waals surface area (Å²) in [5.41, 5.74) is 6.05. The second kappa shape index (κ2) is 6.02. The van der Waals surface area contributed by atoms with Crippen molar-refractivity contribution in [3.63, 3.8) is 0 Å². The minimum Gasteiger partial charge on any atom is -0.495 e. The highest BCUT2D eigenvalue weighted by molar-refractivity contribution is 6.31. The van der Waals surface area contributed by atoms with Gasteiger partial charge in [0.25, 0.3) is 0 Å². The van der Waals surface area contributed by atoms with E-state index < -0.39 is 5.54 Å². The first-order valence-electron chi connectivity index (χ1n) is 6.88. The zero-order valence-corrected chi connectivity index (χ0v) is 12.7. The number of methoxy groups -OCH3 is 1. The van der Waals surface area contributed by atoms with E-state index in [1.807, 2.05) is 0 Å². The fraction of sp³-hybridized carbons (Fsp3) is 0.533. The lowest BCUT2D eigenvalue weighted by Gasteiger charge is -2.35. The molecule has 1 aliphatic rings. The number of carbonyl (C=O) groups excluding carboxylic acids is 1. The molecule has 0 radical (unpaired) electrons. The van der Waals surface area contributed by atoms with Crippen LogP contribution in [0, 0.1) is 5.92 Å². The largest absolute Gasteiger partial charge is 0.495 e. The van der Waals surface area contributed by atoms with Crippen LogP contribution in [0.25, 0.3) is 0 Å². The zero-order valence-electron chi connectivity index (χ0n) is 11.9. The molecule has 5 heteroatoms. The molecule has 0 saturated heterocycles. The average molecular weight is 297 g/mol. The van der Waals surface area contributed by atoms with Crippen molar-refractivity contribution in [2.45, 2.75) is 38.1 Å². The Bertz CT molecular complexity index is 507. The van der Waals surface area contributed by atoms with Gasteiger partial charge in [-0.15, -0.1) is 0 Å². The van der Waals surface area contributed by atoms with E-state index in [2.05, 4.69) is 12.2 Å². The molecule has 20 heavy (non-hydrogen) atoms. The molecule has 1 aromatic carbocycles. The number of nitrogens with one attached hydrogen (secondary N) is 1. The lowest BCUT2D eigenvalue weighted by Crippen LogP contribution is -2.53. The second-order valence-corrected chi connectivity index (χ2v) is 6.09. The van der Waals surface area contributed by atoms with Gasteiger partial charge in [-0.1, -0.05) is 31.4 Å². The second-order valence-electron chi connectivity index (χ2n) is 5.66. The molecule has 2 atom stereocenters. The summed E-state index contributed by atoms with van der Waals surface area (Å²) in [5, 5.41) is 3.41. The van der Waals surface area contributed by atoms with Gasteiger partial charge in [-0.3, -0.25) is 4.79 Å². The van der Waals surface area contributed by atoms with Crippen LogP contribution in [-0.2, 0) is 4.79 Å². The Kier molecular flexibility index (Phi) is 4.55. The summed E-state index contributed by atoms with van der Waals surface area (Å²) in [7, 11) is 1.56. The molecule has 1 fully saturated rings. The molecule has 2 unspecified atom stereocenters. The number of rotatable bonds is 3. The summed E-state index contributed by atoms with van der Waals surface area (Å²) in [5.74, 6) is 0.889. The van der Waals surface area contributed by atoms with Crippen molar-refractivity contribution < 1.29 is 9.53 Å². The van der Waals surface area contributed by atoms with Gasteiger partial charge in [-0.25, -0.2) is 0 Å². The third kappa shape index (κ3) is 3.25. The Labute approximate surface area is 124 Å². The number of hydrogen-bond acceptors (Lipinski definition) is 3. The number of carbonyl (C=O) groups is 1. The van der Waals surface area contributed by atoms with Gasteiger partial charge >= 0.3 is 0 Å². The Morgan fingerprint density at radius 1 is 1.55 bits per heavy atom. The first-order valence-corrected chi connectivity index (χ1v) is 7.26. The molecule has 0 heterocycles. The zero-order chi connectivity index (χ0) is 14.8. The number of hydrogen-bond donors (Lipinski definition) is 2. The van der Waals surface area contributed by atoms with Gasteiger partial charge in [-0.2, -0.15) is 0 Å². The van der Waals surface area contributed by atoms with Crippen LogP contribution in [0.5, 0.6) is 5.75 Å². The van der Waals surface area contributed by atoms with Crippen LogP contribution in [0.15, 0.2) is 18.2 Å². The minimum absolute atomic E-state index is 0.162. The van der Waals surface area contributed by atoms with E-state index >= 15 is 0 Å². The van der Waals surface area contributed by atoms with E-state index in [4.69, 9.17) is 22.1 Å². The summed E-state index contributed by atoms with van der Waals surface area (Å²) < 4.78 is 5.23. The smallest absolute Gasteiger partial charge is 0.244 e. The molecule has 0 spiro atoms. The quantitative estimate of drug-likeness (QED) is 0.900. The van der Waals surface area contributed by atoms with Gasteiger partial charge in [0.1, 0.15) is 5.75 Å². The van der Waals surface area contributed by atoms with E-state index in [-0.39, 0.29) is 5.91 Å². The Balaban J connectivity index is 2.17. The number of anilines is 1. The van der Waals surface area contributed by atoms with Gasteiger partial charge in [0.2, 0.25) is 5.91 Å². The third-order valence-corrected chi connectivity index (χ3v) is 4.13.